The van der Waals surface area contributed by atoms with Crippen LogP contribution in [0.25, 0.3) is 17.0 Å². The van der Waals surface area contributed by atoms with Crippen molar-refractivity contribution >= 4 is 28.6 Å². The lowest BCUT2D eigenvalue weighted by molar-refractivity contribution is -0.111. The average Bonchev–Trinajstić information content (AvgIpc) is 2.76. The highest BCUT2D eigenvalue weighted by Gasteiger charge is 2.12. The van der Waals surface area contributed by atoms with E-state index in [1.165, 1.54) is 33.5 Å². The van der Waals surface area contributed by atoms with Gasteiger partial charge in [0.25, 0.3) is 0 Å². The standard InChI is InChI=1S/C23H24N2O6/c1-28-13-15-11-22(27)25-18-12-16(6-7-17(15)18)24-21(26)8-5-14-9-19(29-2)23(31-4)20(10-14)30-3/h5-12H,13H2,1-4H3,(H,24,26)(H,25,27)/b8-5+. The molecule has 3 aromatic rings. The molecule has 0 unspecified atom stereocenters. The number of H-pyrrole nitrogens is 1. The SMILES string of the molecule is COCc1cc(=O)[nH]c2cc(NC(=O)/C=C/c3cc(OC)c(OC)c(OC)c3)ccc12. The van der Waals surface area contributed by atoms with Gasteiger partial charge in [-0.05, 0) is 41.5 Å². The summed E-state index contributed by atoms with van der Waals surface area (Å²) in [4.78, 5) is 27.1. The van der Waals surface area contributed by atoms with Crippen molar-refractivity contribution in [2.75, 3.05) is 33.8 Å². The minimum Gasteiger partial charge on any atom is -0.493 e. The molecule has 2 N–H and O–H groups in total. The largest absolute Gasteiger partial charge is 0.493 e. The quantitative estimate of drug-likeness (QED) is 0.538. The molecular weight excluding hydrogens is 400 g/mol. The molecule has 0 fully saturated rings. The van der Waals surface area contributed by atoms with Crippen LogP contribution < -0.4 is 25.1 Å². The van der Waals surface area contributed by atoms with Crippen molar-refractivity contribution in [2.24, 2.45) is 0 Å². The van der Waals surface area contributed by atoms with Crippen molar-refractivity contribution in [2.45, 2.75) is 6.61 Å². The summed E-state index contributed by atoms with van der Waals surface area (Å²) >= 11 is 0. The smallest absolute Gasteiger partial charge is 0.248 e. The molecule has 0 radical (unpaired) electrons. The molecule has 0 saturated carbocycles. The van der Waals surface area contributed by atoms with Crippen LogP contribution in [0.15, 0.2) is 47.3 Å². The lowest BCUT2D eigenvalue weighted by Gasteiger charge is -2.12. The van der Waals surface area contributed by atoms with E-state index in [2.05, 4.69) is 10.3 Å². The Morgan fingerprint density at radius 3 is 2.32 bits per heavy atom. The van der Waals surface area contributed by atoms with E-state index in [4.69, 9.17) is 18.9 Å². The zero-order valence-electron chi connectivity index (χ0n) is 17.8. The fourth-order valence-electron chi connectivity index (χ4n) is 3.24. The number of aromatic amines is 1. The maximum atomic E-state index is 12.4. The Morgan fingerprint density at radius 1 is 1.00 bits per heavy atom. The molecule has 0 bridgehead atoms. The first-order chi connectivity index (χ1) is 15.0. The number of hydrogen-bond donors (Lipinski definition) is 2. The van der Waals surface area contributed by atoms with E-state index in [1.807, 2.05) is 6.07 Å². The zero-order valence-corrected chi connectivity index (χ0v) is 17.8. The molecule has 3 rings (SSSR count). The molecule has 0 aliphatic carbocycles. The van der Waals surface area contributed by atoms with Gasteiger partial charge in [0.05, 0.1) is 33.5 Å². The van der Waals surface area contributed by atoms with Crippen molar-refractivity contribution in [3.05, 3.63) is 64.0 Å². The number of methoxy groups -OCH3 is 4. The summed E-state index contributed by atoms with van der Waals surface area (Å²) in [6.07, 6.45) is 3.04. The summed E-state index contributed by atoms with van der Waals surface area (Å²) in [5.41, 5.74) is 2.42. The van der Waals surface area contributed by atoms with Crippen molar-refractivity contribution < 1.29 is 23.7 Å². The monoisotopic (exact) mass is 424 g/mol. The highest BCUT2D eigenvalue weighted by atomic mass is 16.5. The van der Waals surface area contributed by atoms with Gasteiger partial charge >= 0.3 is 0 Å². The number of amides is 1. The number of hydrogen-bond acceptors (Lipinski definition) is 6. The normalized spacial score (nSPS) is 11.0. The van der Waals surface area contributed by atoms with E-state index in [1.54, 1.807) is 37.5 Å². The minimum absolute atomic E-state index is 0.231. The second-order valence-electron chi connectivity index (χ2n) is 6.63. The Morgan fingerprint density at radius 2 is 1.71 bits per heavy atom. The number of carbonyl (C=O) groups is 1. The van der Waals surface area contributed by atoms with Crippen LogP contribution in [0.4, 0.5) is 5.69 Å². The molecule has 0 spiro atoms. The first kappa shape index (κ1) is 21.9. The summed E-state index contributed by atoms with van der Waals surface area (Å²) in [6, 6.07) is 10.3. The van der Waals surface area contributed by atoms with Gasteiger partial charge in [0.2, 0.25) is 17.2 Å². The van der Waals surface area contributed by atoms with Crippen LogP contribution in [0.3, 0.4) is 0 Å². The van der Waals surface area contributed by atoms with Crippen LogP contribution >= 0.6 is 0 Å². The van der Waals surface area contributed by atoms with Crippen LogP contribution in [0.2, 0.25) is 0 Å². The fraction of sp³-hybridized carbons (Fsp3) is 0.217. The van der Waals surface area contributed by atoms with Gasteiger partial charge < -0.3 is 29.2 Å². The predicted octanol–water partition coefficient (Wildman–Crippen LogP) is 3.35. The topological polar surface area (TPSA) is 98.9 Å². The third-order valence-electron chi connectivity index (χ3n) is 4.61. The van der Waals surface area contributed by atoms with E-state index in [-0.39, 0.29) is 11.5 Å². The van der Waals surface area contributed by atoms with Gasteiger partial charge in [-0.3, -0.25) is 9.59 Å². The number of nitrogens with one attached hydrogen (secondary N) is 2. The Bertz CT molecular complexity index is 1160. The molecular formula is C23H24N2O6. The maximum absolute atomic E-state index is 12.4. The van der Waals surface area contributed by atoms with Gasteiger partial charge in [-0.2, -0.15) is 0 Å². The van der Waals surface area contributed by atoms with Crippen LogP contribution in [-0.4, -0.2) is 39.3 Å². The van der Waals surface area contributed by atoms with Gasteiger partial charge in [-0.1, -0.05) is 6.07 Å². The van der Waals surface area contributed by atoms with Crippen LogP contribution in [0.5, 0.6) is 17.2 Å². The second kappa shape index (κ2) is 9.82. The van der Waals surface area contributed by atoms with Crippen LogP contribution in [0, 0.1) is 0 Å². The Kier molecular flexibility index (Phi) is 6.94. The molecule has 1 aromatic heterocycles. The summed E-state index contributed by atoms with van der Waals surface area (Å²) in [5.74, 6) is 1.13. The van der Waals surface area contributed by atoms with E-state index in [9.17, 15) is 9.59 Å². The average molecular weight is 424 g/mol. The van der Waals surface area contributed by atoms with Gasteiger partial charge in [-0.15, -0.1) is 0 Å². The van der Waals surface area contributed by atoms with E-state index in [0.717, 1.165) is 10.9 Å². The molecule has 8 nitrogen and oxygen atoms in total. The Hall–Kier alpha value is -3.78. The Balaban J connectivity index is 1.81. The number of rotatable bonds is 8. The summed E-state index contributed by atoms with van der Waals surface area (Å²) in [7, 11) is 6.15. The van der Waals surface area contributed by atoms with Gasteiger partial charge in [-0.25, -0.2) is 0 Å². The van der Waals surface area contributed by atoms with Crippen molar-refractivity contribution in [3.8, 4) is 17.2 Å². The number of pyridine rings is 1. The van der Waals surface area contributed by atoms with E-state index < -0.39 is 0 Å². The molecule has 162 valence electrons. The molecule has 0 saturated heterocycles. The molecule has 0 aliphatic rings. The first-order valence-corrected chi connectivity index (χ1v) is 9.43. The first-order valence-electron chi connectivity index (χ1n) is 9.43. The number of fused-ring (bicyclic) bond motifs is 1. The maximum Gasteiger partial charge on any atom is 0.248 e. The fourth-order valence-corrected chi connectivity index (χ4v) is 3.24. The van der Waals surface area contributed by atoms with Gasteiger partial charge in [0.1, 0.15) is 0 Å². The lowest BCUT2D eigenvalue weighted by Crippen LogP contribution is -2.10. The Labute approximate surface area is 179 Å². The molecule has 31 heavy (non-hydrogen) atoms. The molecule has 0 atom stereocenters. The molecule has 1 amide bonds. The zero-order chi connectivity index (χ0) is 22.4. The highest BCUT2D eigenvalue weighted by Crippen LogP contribution is 2.38. The number of aromatic nitrogens is 1. The molecule has 0 aliphatic heterocycles. The molecule has 2 aromatic carbocycles. The van der Waals surface area contributed by atoms with Crippen molar-refractivity contribution in [3.63, 3.8) is 0 Å². The summed E-state index contributed by atoms with van der Waals surface area (Å²) in [5, 5.41) is 3.64. The van der Waals surface area contributed by atoms with E-state index in [0.29, 0.717) is 40.6 Å². The summed E-state index contributed by atoms with van der Waals surface area (Å²) in [6.45, 7) is 0.323. The summed E-state index contributed by atoms with van der Waals surface area (Å²) < 4.78 is 21.1. The third kappa shape index (κ3) is 5.04. The van der Waals surface area contributed by atoms with E-state index >= 15 is 0 Å². The predicted molar refractivity (Wildman–Crippen MR) is 119 cm³/mol. The third-order valence-corrected chi connectivity index (χ3v) is 4.61. The second-order valence-corrected chi connectivity index (χ2v) is 6.63. The number of benzene rings is 2. The molecule has 8 heteroatoms. The van der Waals surface area contributed by atoms with Gasteiger partial charge in [0.15, 0.2) is 11.5 Å². The number of ether oxygens (including phenoxy) is 4. The lowest BCUT2D eigenvalue weighted by atomic mass is 10.1. The van der Waals surface area contributed by atoms with Crippen molar-refractivity contribution in [1.82, 2.24) is 4.98 Å². The van der Waals surface area contributed by atoms with Crippen LogP contribution in [-0.2, 0) is 16.1 Å². The van der Waals surface area contributed by atoms with Gasteiger partial charge in [0, 0.05) is 30.3 Å². The van der Waals surface area contributed by atoms with Crippen molar-refractivity contribution in [1.29, 1.82) is 0 Å². The minimum atomic E-state index is -0.330. The number of anilines is 1. The number of carbonyl (C=O) groups excluding carboxylic acids is 1. The molecule has 1 heterocycles. The van der Waals surface area contributed by atoms with Crippen LogP contribution in [0.1, 0.15) is 11.1 Å². The highest BCUT2D eigenvalue weighted by molar-refractivity contribution is 6.03.